The molecule has 0 amide bonds. The van der Waals surface area contributed by atoms with Crippen LogP contribution in [0.4, 0.5) is 0 Å². The molecule has 3 nitrogen and oxygen atoms in total. The van der Waals surface area contributed by atoms with Crippen LogP contribution in [0.1, 0.15) is 37.2 Å². The van der Waals surface area contributed by atoms with Crippen LogP contribution in [0.15, 0.2) is 30.3 Å². The molecule has 0 aliphatic carbocycles. The zero-order valence-corrected chi connectivity index (χ0v) is 11.4. The molecule has 1 saturated heterocycles. The van der Waals surface area contributed by atoms with E-state index in [-0.39, 0.29) is 0 Å². The first-order valence-corrected chi connectivity index (χ1v) is 7.23. The molecular formula is C16H21N3. The summed E-state index contributed by atoms with van der Waals surface area (Å²) in [5.74, 6) is 1.77. The van der Waals surface area contributed by atoms with Gasteiger partial charge in [-0.25, -0.2) is 4.98 Å². The molecule has 1 aliphatic heterocycles. The second-order valence-electron chi connectivity index (χ2n) is 5.19. The molecule has 2 aromatic rings. The quantitative estimate of drug-likeness (QED) is 0.884. The Morgan fingerprint density at radius 2 is 1.89 bits per heavy atom. The third-order valence-electron chi connectivity index (χ3n) is 3.92. The first-order chi connectivity index (χ1) is 9.38. The Kier molecular flexibility index (Phi) is 3.65. The Labute approximate surface area is 114 Å². The van der Waals surface area contributed by atoms with E-state index in [1.54, 1.807) is 0 Å². The summed E-state index contributed by atoms with van der Waals surface area (Å²) >= 11 is 0. The summed E-state index contributed by atoms with van der Waals surface area (Å²) in [5, 5.41) is 3.41. The van der Waals surface area contributed by atoms with Gasteiger partial charge in [0.05, 0.1) is 5.69 Å². The molecule has 1 fully saturated rings. The number of nitrogens with zero attached hydrogens (tertiary/aromatic N) is 1. The molecule has 0 atom stereocenters. The lowest BCUT2D eigenvalue weighted by molar-refractivity contribution is 0.447. The van der Waals surface area contributed by atoms with E-state index in [4.69, 9.17) is 4.98 Å². The molecule has 3 heteroatoms. The second kappa shape index (κ2) is 5.57. The van der Waals surface area contributed by atoms with Crippen molar-refractivity contribution in [3.63, 3.8) is 0 Å². The lowest BCUT2D eigenvalue weighted by Crippen LogP contribution is -2.27. The van der Waals surface area contributed by atoms with E-state index in [9.17, 15) is 0 Å². The molecule has 3 rings (SSSR count). The number of benzene rings is 1. The minimum Gasteiger partial charge on any atom is -0.345 e. The highest BCUT2D eigenvalue weighted by Gasteiger charge is 2.20. The number of nitrogens with one attached hydrogen (secondary N) is 2. The number of imidazole rings is 1. The molecular weight excluding hydrogens is 234 g/mol. The van der Waals surface area contributed by atoms with Gasteiger partial charge in [0.2, 0.25) is 0 Å². The van der Waals surface area contributed by atoms with Gasteiger partial charge in [0, 0.05) is 17.2 Å². The minimum absolute atomic E-state index is 0.587. The normalized spacial score (nSPS) is 16.7. The van der Waals surface area contributed by atoms with Gasteiger partial charge < -0.3 is 10.3 Å². The molecule has 1 aromatic carbocycles. The predicted molar refractivity (Wildman–Crippen MR) is 78.2 cm³/mol. The van der Waals surface area contributed by atoms with Crippen LogP contribution in [0.5, 0.6) is 0 Å². The fraction of sp³-hybridized carbons (Fsp3) is 0.438. The lowest BCUT2D eigenvalue weighted by atomic mass is 9.98. The summed E-state index contributed by atoms with van der Waals surface area (Å²) in [7, 11) is 0. The van der Waals surface area contributed by atoms with Crippen LogP contribution in [0.2, 0.25) is 0 Å². The summed E-state index contributed by atoms with van der Waals surface area (Å²) < 4.78 is 0. The summed E-state index contributed by atoms with van der Waals surface area (Å²) in [5.41, 5.74) is 3.62. The van der Waals surface area contributed by atoms with Gasteiger partial charge in [0.25, 0.3) is 0 Å². The fourth-order valence-corrected chi connectivity index (χ4v) is 2.81. The first kappa shape index (κ1) is 12.4. The van der Waals surface area contributed by atoms with Gasteiger partial charge in [-0.2, -0.15) is 0 Å². The maximum atomic E-state index is 4.89. The smallest absolute Gasteiger partial charge is 0.110 e. The molecule has 2 N–H and O–H groups in total. The molecule has 2 heterocycles. The maximum absolute atomic E-state index is 4.89. The zero-order chi connectivity index (χ0) is 13.1. The van der Waals surface area contributed by atoms with Crippen LogP contribution in [-0.2, 0) is 6.42 Å². The van der Waals surface area contributed by atoms with Gasteiger partial charge in [-0.15, -0.1) is 0 Å². The van der Waals surface area contributed by atoms with Crippen LogP contribution < -0.4 is 5.32 Å². The van der Waals surface area contributed by atoms with Crippen molar-refractivity contribution < 1.29 is 0 Å². The van der Waals surface area contributed by atoms with Crippen LogP contribution in [-0.4, -0.2) is 23.1 Å². The van der Waals surface area contributed by atoms with Crippen molar-refractivity contribution in [2.24, 2.45) is 0 Å². The van der Waals surface area contributed by atoms with Gasteiger partial charge in [0.1, 0.15) is 5.82 Å². The number of hydrogen-bond acceptors (Lipinski definition) is 2. The molecule has 100 valence electrons. The standard InChI is InChI=1S/C16H21N3/c1-2-14-15(12-6-4-3-5-7-12)19-16(18-14)13-8-10-17-11-9-13/h3-7,13,17H,2,8-11H2,1H3,(H,18,19). The fourth-order valence-electron chi connectivity index (χ4n) is 2.81. The molecule has 1 aromatic heterocycles. The second-order valence-corrected chi connectivity index (χ2v) is 5.19. The number of aromatic amines is 1. The van der Waals surface area contributed by atoms with Gasteiger partial charge in [-0.3, -0.25) is 0 Å². The van der Waals surface area contributed by atoms with Crippen molar-refractivity contribution in [2.75, 3.05) is 13.1 Å². The Morgan fingerprint density at radius 3 is 2.58 bits per heavy atom. The third-order valence-corrected chi connectivity index (χ3v) is 3.92. The first-order valence-electron chi connectivity index (χ1n) is 7.23. The number of H-pyrrole nitrogens is 1. The van der Waals surface area contributed by atoms with Crippen LogP contribution in [0.25, 0.3) is 11.3 Å². The van der Waals surface area contributed by atoms with E-state index in [0.29, 0.717) is 5.92 Å². The van der Waals surface area contributed by atoms with Crippen LogP contribution >= 0.6 is 0 Å². The van der Waals surface area contributed by atoms with Crippen molar-refractivity contribution in [2.45, 2.75) is 32.1 Å². The largest absolute Gasteiger partial charge is 0.345 e. The average molecular weight is 255 g/mol. The van der Waals surface area contributed by atoms with Crippen LogP contribution in [0.3, 0.4) is 0 Å². The van der Waals surface area contributed by atoms with E-state index in [2.05, 4.69) is 47.6 Å². The molecule has 0 bridgehead atoms. The predicted octanol–water partition coefficient (Wildman–Crippen LogP) is 3.11. The Morgan fingerprint density at radius 1 is 1.16 bits per heavy atom. The molecule has 0 saturated carbocycles. The molecule has 1 aliphatic rings. The van der Waals surface area contributed by atoms with E-state index < -0.39 is 0 Å². The van der Waals surface area contributed by atoms with Gasteiger partial charge in [-0.1, -0.05) is 37.3 Å². The average Bonchev–Trinajstić information content (AvgIpc) is 2.93. The molecule has 0 spiro atoms. The van der Waals surface area contributed by atoms with Crippen molar-refractivity contribution in [1.82, 2.24) is 15.3 Å². The Hall–Kier alpha value is -1.61. The van der Waals surface area contributed by atoms with Crippen molar-refractivity contribution in [3.8, 4) is 11.3 Å². The lowest BCUT2D eigenvalue weighted by Gasteiger charge is -2.20. The maximum Gasteiger partial charge on any atom is 0.110 e. The summed E-state index contributed by atoms with van der Waals surface area (Å²) in [4.78, 5) is 8.45. The number of aromatic nitrogens is 2. The van der Waals surface area contributed by atoms with E-state index in [1.165, 1.54) is 29.9 Å². The number of piperidine rings is 1. The highest BCUT2D eigenvalue weighted by Crippen LogP contribution is 2.28. The topological polar surface area (TPSA) is 40.7 Å². The van der Waals surface area contributed by atoms with Crippen LogP contribution in [0, 0.1) is 0 Å². The summed E-state index contributed by atoms with van der Waals surface area (Å²) in [6, 6.07) is 10.5. The molecule has 19 heavy (non-hydrogen) atoms. The van der Waals surface area contributed by atoms with E-state index >= 15 is 0 Å². The zero-order valence-electron chi connectivity index (χ0n) is 11.4. The number of hydrogen-bond donors (Lipinski definition) is 2. The van der Waals surface area contributed by atoms with Crippen molar-refractivity contribution in [1.29, 1.82) is 0 Å². The van der Waals surface area contributed by atoms with E-state index in [0.717, 1.165) is 25.2 Å². The van der Waals surface area contributed by atoms with Crippen molar-refractivity contribution in [3.05, 3.63) is 41.9 Å². The van der Waals surface area contributed by atoms with Gasteiger partial charge in [-0.05, 0) is 32.4 Å². The minimum atomic E-state index is 0.587. The SMILES string of the molecule is CCc1[nH]c(C2CCNCC2)nc1-c1ccccc1. The Balaban J connectivity index is 1.94. The highest BCUT2D eigenvalue weighted by molar-refractivity contribution is 5.62. The molecule has 0 radical (unpaired) electrons. The number of aryl methyl sites for hydroxylation is 1. The molecule has 0 unspecified atom stereocenters. The summed E-state index contributed by atoms with van der Waals surface area (Å²) in [6.45, 7) is 4.40. The number of rotatable bonds is 3. The van der Waals surface area contributed by atoms with Crippen molar-refractivity contribution >= 4 is 0 Å². The Bertz CT molecular complexity index is 524. The summed E-state index contributed by atoms with van der Waals surface area (Å²) in [6.07, 6.45) is 3.37. The highest BCUT2D eigenvalue weighted by atomic mass is 15.0. The van der Waals surface area contributed by atoms with Gasteiger partial charge in [0.15, 0.2) is 0 Å². The van der Waals surface area contributed by atoms with E-state index in [1.807, 2.05) is 0 Å². The monoisotopic (exact) mass is 255 g/mol. The van der Waals surface area contributed by atoms with Gasteiger partial charge >= 0.3 is 0 Å². The third kappa shape index (κ3) is 2.56.